The van der Waals surface area contributed by atoms with Crippen molar-refractivity contribution in [3.05, 3.63) is 0 Å². The second kappa shape index (κ2) is 15.0. The largest absolute Gasteiger partial charge is 0.478 e. The standard InChI is InChI=1S/C23H43N3O8/c1-14(9-8-10-15(2)27)19(26(7)20(30)17(4)25-6)21(31)34-23(22(32)33,11-16(3)28)12-18(29)13-24-5/h14-17,19,24-25,27-28H,8-13H2,1-7H3,(H,32,33)/t14-,15?,16?,17-,19-,23?/m0/s1. The maximum atomic E-state index is 13.4. The number of amides is 1. The molecule has 0 heterocycles. The molecule has 0 saturated heterocycles. The van der Waals surface area contributed by atoms with E-state index in [0.29, 0.717) is 19.3 Å². The molecular weight excluding hydrogens is 446 g/mol. The number of ketones is 1. The van der Waals surface area contributed by atoms with Gasteiger partial charge in [0.1, 0.15) is 6.04 Å². The molecule has 198 valence electrons. The fourth-order valence-corrected chi connectivity index (χ4v) is 3.90. The van der Waals surface area contributed by atoms with Crippen molar-refractivity contribution in [2.24, 2.45) is 5.92 Å². The van der Waals surface area contributed by atoms with Gasteiger partial charge in [-0.25, -0.2) is 9.59 Å². The highest BCUT2D eigenvalue weighted by atomic mass is 16.6. The summed E-state index contributed by atoms with van der Waals surface area (Å²) >= 11 is 0. The third kappa shape index (κ3) is 10.0. The van der Waals surface area contributed by atoms with Crippen molar-refractivity contribution in [1.29, 1.82) is 0 Å². The van der Waals surface area contributed by atoms with Gasteiger partial charge in [0.2, 0.25) is 11.5 Å². The molecule has 0 aromatic carbocycles. The first-order valence-corrected chi connectivity index (χ1v) is 11.6. The predicted octanol–water partition coefficient (Wildman–Crippen LogP) is -0.0754. The van der Waals surface area contributed by atoms with Crippen LogP contribution in [0.1, 0.15) is 59.8 Å². The lowest BCUT2D eigenvalue weighted by molar-refractivity contribution is -0.189. The molecule has 0 aromatic heterocycles. The number of ether oxygens (including phenoxy) is 1. The minimum atomic E-state index is -2.28. The minimum absolute atomic E-state index is 0.135. The summed E-state index contributed by atoms with van der Waals surface area (Å²) < 4.78 is 5.51. The van der Waals surface area contributed by atoms with Crippen LogP contribution in [0.2, 0.25) is 0 Å². The highest BCUT2D eigenvalue weighted by Crippen LogP contribution is 2.28. The van der Waals surface area contributed by atoms with Crippen LogP contribution in [0.5, 0.6) is 0 Å². The topological polar surface area (TPSA) is 165 Å². The number of Topliss-reactive ketones (excluding diaryl/α,β-unsaturated/α-hetero) is 1. The average Bonchev–Trinajstić information content (AvgIpc) is 2.71. The zero-order valence-electron chi connectivity index (χ0n) is 21.5. The van der Waals surface area contributed by atoms with E-state index in [1.54, 1.807) is 27.8 Å². The molecule has 0 aliphatic rings. The van der Waals surface area contributed by atoms with Gasteiger partial charge >= 0.3 is 11.9 Å². The lowest BCUT2D eigenvalue weighted by Crippen LogP contribution is -2.56. The first-order chi connectivity index (χ1) is 15.7. The Balaban J connectivity index is 6.14. The molecule has 0 radical (unpaired) electrons. The number of aliphatic hydroxyl groups is 2. The number of carbonyl (C=O) groups is 4. The van der Waals surface area contributed by atoms with Gasteiger partial charge in [-0.3, -0.25) is 9.59 Å². The molecule has 0 aliphatic carbocycles. The molecule has 0 rings (SSSR count). The lowest BCUT2D eigenvalue weighted by Gasteiger charge is -2.37. The van der Waals surface area contributed by atoms with E-state index < -0.39 is 72.3 Å². The summed E-state index contributed by atoms with van der Waals surface area (Å²) in [7, 11) is 4.56. The third-order valence-corrected chi connectivity index (χ3v) is 5.80. The van der Waals surface area contributed by atoms with Crippen LogP contribution in [-0.4, -0.2) is 101 Å². The second-order valence-electron chi connectivity index (χ2n) is 9.18. The average molecular weight is 490 g/mol. The Kier molecular flexibility index (Phi) is 14.1. The monoisotopic (exact) mass is 489 g/mol. The summed E-state index contributed by atoms with van der Waals surface area (Å²) in [5.74, 6) is -3.86. The number of rotatable bonds is 17. The molecule has 11 heteroatoms. The van der Waals surface area contributed by atoms with E-state index in [1.165, 1.54) is 25.9 Å². The number of hydrogen-bond acceptors (Lipinski definition) is 9. The van der Waals surface area contributed by atoms with E-state index in [9.17, 15) is 34.5 Å². The van der Waals surface area contributed by atoms with Gasteiger partial charge in [-0.15, -0.1) is 0 Å². The fourth-order valence-electron chi connectivity index (χ4n) is 3.90. The third-order valence-electron chi connectivity index (χ3n) is 5.80. The van der Waals surface area contributed by atoms with E-state index in [1.807, 2.05) is 0 Å². The summed E-state index contributed by atoms with van der Waals surface area (Å²) in [6.45, 7) is 6.23. The number of hydrogen-bond donors (Lipinski definition) is 5. The molecule has 0 saturated carbocycles. The quantitative estimate of drug-likeness (QED) is 0.175. The van der Waals surface area contributed by atoms with Crippen molar-refractivity contribution in [3.8, 4) is 0 Å². The minimum Gasteiger partial charge on any atom is -0.478 e. The van der Waals surface area contributed by atoms with Gasteiger partial charge in [0, 0.05) is 13.5 Å². The lowest BCUT2D eigenvalue weighted by atomic mass is 9.89. The Bertz CT molecular complexity index is 685. The van der Waals surface area contributed by atoms with Gasteiger partial charge < -0.3 is 35.6 Å². The highest BCUT2D eigenvalue weighted by molar-refractivity contribution is 5.93. The molecule has 0 spiro atoms. The van der Waals surface area contributed by atoms with Gasteiger partial charge in [-0.05, 0) is 53.6 Å². The predicted molar refractivity (Wildman–Crippen MR) is 126 cm³/mol. The number of nitrogens with one attached hydrogen (secondary N) is 2. The van der Waals surface area contributed by atoms with Crippen LogP contribution in [0.15, 0.2) is 0 Å². The van der Waals surface area contributed by atoms with Crippen molar-refractivity contribution in [3.63, 3.8) is 0 Å². The molecule has 34 heavy (non-hydrogen) atoms. The van der Waals surface area contributed by atoms with Gasteiger partial charge in [0.05, 0.1) is 31.2 Å². The first kappa shape index (κ1) is 31.9. The van der Waals surface area contributed by atoms with E-state index >= 15 is 0 Å². The Hall–Kier alpha value is -2.08. The molecule has 0 aromatic rings. The zero-order valence-corrected chi connectivity index (χ0v) is 21.5. The van der Waals surface area contributed by atoms with Gasteiger partial charge in [-0.1, -0.05) is 13.3 Å². The van der Waals surface area contributed by atoms with Gasteiger partial charge in [-0.2, -0.15) is 0 Å². The Morgan fingerprint density at radius 2 is 1.59 bits per heavy atom. The van der Waals surface area contributed by atoms with Gasteiger partial charge in [0.15, 0.2) is 5.78 Å². The molecule has 11 nitrogen and oxygen atoms in total. The van der Waals surface area contributed by atoms with Crippen LogP contribution in [0.4, 0.5) is 0 Å². The molecule has 0 bridgehead atoms. The number of carboxylic acid groups (broad SMARTS) is 1. The molecule has 5 N–H and O–H groups in total. The van der Waals surface area contributed by atoms with Gasteiger partial charge in [0.25, 0.3) is 0 Å². The number of carbonyl (C=O) groups excluding carboxylic acids is 3. The highest BCUT2D eigenvalue weighted by Gasteiger charge is 2.48. The maximum absolute atomic E-state index is 13.4. The number of aliphatic carboxylic acids is 1. The van der Waals surface area contributed by atoms with E-state index in [-0.39, 0.29) is 6.54 Å². The van der Waals surface area contributed by atoms with Crippen molar-refractivity contribution < 1.29 is 39.2 Å². The summed E-state index contributed by atoms with van der Waals surface area (Å²) in [5.41, 5.74) is -2.28. The summed E-state index contributed by atoms with van der Waals surface area (Å²) in [4.78, 5) is 52.0. The van der Waals surface area contributed by atoms with Crippen LogP contribution >= 0.6 is 0 Å². The van der Waals surface area contributed by atoms with Crippen molar-refractivity contribution >= 4 is 23.6 Å². The smallest absolute Gasteiger partial charge is 0.348 e. The molecular formula is C23H43N3O8. The van der Waals surface area contributed by atoms with E-state index in [2.05, 4.69) is 10.6 Å². The summed E-state index contributed by atoms with van der Waals surface area (Å²) in [5, 5.41) is 34.9. The fraction of sp³-hybridized carbons (Fsp3) is 0.826. The molecule has 6 atom stereocenters. The van der Waals surface area contributed by atoms with Crippen molar-refractivity contribution in [1.82, 2.24) is 15.5 Å². The van der Waals surface area contributed by atoms with Crippen LogP contribution in [-0.2, 0) is 23.9 Å². The number of carboxylic acids is 1. The normalized spacial score (nSPS) is 17.6. The van der Waals surface area contributed by atoms with Crippen LogP contribution < -0.4 is 10.6 Å². The number of nitrogens with zero attached hydrogens (tertiary/aromatic N) is 1. The molecule has 0 fully saturated rings. The summed E-state index contributed by atoms with van der Waals surface area (Å²) in [6.07, 6.45) is -1.28. The van der Waals surface area contributed by atoms with Crippen LogP contribution in [0, 0.1) is 5.92 Å². The maximum Gasteiger partial charge on any atom is 0.348 e. The van der Waals surface area contributed by atoms with Crippen molar-refractivity contribution in [2.75, 3.05) is 27.7 Å². The Morgan fingerprint density at radius 1 is 1.00 bits per heavy atom. The number of esters is 1. The Labute approximate surface area is 202 Å². The van der Waals surface area contributed by atoms with E-state index in [0.717, 1.165) is 0 Å². The van der Waals surface area contributed by atoms with E-state index in [4.69, 9.17) is 4.74 Å². The van der Waals surface area contributed by atoms with Crippen molar-refractivity contribution in [2.45, 2.75) is 89.7 Å². The van der Waals surface area contributed by atoms with Crippen LogP contribution in [0.3, 0.4) is 0 Å². The Morgan fingerprint density at radius 3 is 2.03 bits per heavy atom. The molecule has 0 aliphatic heterocycles. The number of likely N-dealkylation sites (N-methyl/N-ethyl adjacent to an activating group) is 3. The molecule has 3 unspecified atom stereocenters. The number of aliphatic hydroxyl groups excluding tert-OH is 2. The van der Waals surface area contributed by atoms with Crippen LogP contribution in [0.25, 0.3) is 0 Å². The SMILES string of the molecule is CNCC(=O)CC(CC(C)O)(OC(=O)[C@H]([C@@H](C)CCCC(C)O)N(C)C(=O)[C@H](C)NC)C(=O)O. The second-order valence-corrected chi connectivity index (χ2v) is 9.18. The molecule has 1 amide bonds. The summed E-state index contributed by atoms with van der Waals surface area (Å²) in [6, 6.07) is -1.74. The zero-order chi connectivity index (χ0) is 26.6. The first-order valence-electron chi connectivity index (χ1n) is 11.6.